The van der Waals surface area contributed by atoms with Crippen LogP contribution in [0.15, 0.2) is 18.2 Å². The number of nitrogens with zero attached hydrogens (tertiary/aromatic N) is 1. The molecular weight excluding hydrogens is 300 g/mol. The highest BCUT2D eigenvalue weighted by atomic mass is 35.5. The quantitative estimate of drug-likeness (QED) is 0.741. The molecule has 1 aromatic heterocycles. The van der Waals surface area contributed by atoms with Crippen molar-refractivity contribution in [2.75, 3.05) is 13.1 Å². The fraction of sp³-hybridized carbons (Fsp3) is 0.500. The number of benzene rings is 1. The molecule has 1 atom stereocenters. The summed E-state index contributed by atoms with van der Waals surface area (Å²) in [7, 11) is 0. The first-order chi connectivity index (χ1) is 10.7. The zero-order valence-electron chi connectivity index (χ0n) is 12.5. The van der Waals surface area contributed by atoms with E-state index in [-0.39, 0.29) is 5.91 Å². The van der Waals surface area contributed by atoms with Gasteiger partial charge in [0, 0.05) is 30.5 Å². The molecule has 5 nitrogen and oxygen atoms in total. The Morgan fingerprint density at radius 2 is 2.27 bits per heavy atom. The average Bonchev–Trinajstić information content (AvgIpc) is 2.78. The Morgan fingerprint density at radius 1 is 1.36 bits per heavy atom. The Labute approximate surface area is 134 Å². The van der Waals surface area contributed by atoms with Crippen LogP contribution in [0.4, 0.5) is 0 Å². The molecule has 2 heterocycles. The van der Waals surface area contributed by atoms with Gasteiger partial charge in [0.25, 0.3) is 0 Å². The minimum absolute atomic E-state index is 0.172. The number of aryl methyl sites for hydroxylation is 1. The van der Waals surface area contributed by atoms with Crippen molar-refractivity contribution in [3.8, 4) is 0 Å². The standard InChI is InChI=1S/C16H21ClN4O/c17-11-3-5-13-14(10-11)21-15(20-13)2-1-8-18-12-4-6-16(22)19-9-7-12/h3,5,10,12,18H,1-2,4,6-9H2,(H,19,22)(H,20,21)/t12-/m0/s1. The van der Waals surface area contributed by atoms with Crippen LogP contribution in [0.25, 0.3) is 11.0 Å². The first-order valence-electron chi connectivity index (χ1n) is 7.85. The van der Waals surface area contributed by atoms with Gasteiger partial charge in [-0.2, -0.15) is 0 Å². The number of carbonyl (C=O) groups is 1. The second kappa shape index (κ2) is 7.11. The molecule has 22 heavy (non-hydrogen) atoms. The van der Waals surface area contributed by atoms with Crippen molar-refractivity contribution in [2.45, 2.75) is 38.1 Å². The monoisotopic (exact) mass is 320 g/mol. The van der Waals surface area contributed by atoms with Gasteiger partial charge in [0.15, 0.2) is 0 Å². The van der Waals surface area contributed by atoms with Gasteiger partial charge in [-0.3, -0.25) is 4.79 Å². The number of hydrogen-bond acceptors (Lipinski definition) is 3. The molecule has 0 bridgehead atoms. The lowest BCUT2D eigenvalue weighted by atomic mass is 10.1. The molecule has 1 aliphatic rings. The number of H-pyrrole nitrogens is 1. The number of hydrogen-bond donors (Lipinski definition) is 3. The smallest absolute Gasteiger partial charge is 0.220 e. The Morgan fingerprint density at radius 3 is 3.18 bits per heavy atom. The molecule has 0 unspecified atom stereocenters. The number of aromatic amines is 1. The second-order valence-electron chi connectivity index (χ2n) is 5.78. The van der Waals surface area contributed by atoms with E-state index in [2.05, 4.69) is 20.6 Å². The molecule has 1 fully saturated rings. The number of aromatic nitrogens is 2. The summed E-state index contributed by atoms with van der Waals surface area (Å²) in [5.41, 5.74) is 1.95. The van der Waals surface area contributed by atoms with E-state index in [4.69, 9.17) is 11.6 Å². The summed E-state index contributed by atoms with van der Waals surface area (Å²) >= 11 is 5.98. The van der Waals surface area contributed by atoms with Crippen LogP contribution in [0.5, 0.6) is 0 Å². The van der Waals surface area contributed by atoms with Crippen molar-refractivity contribution in [1.29, 1.82) is 0 Å². The first-order valence-corrected chi connectivity index (χ1v) is 8.23. The van der Waals surface area contributed by atoms with E-state index >= 15 is 0 Å². The molecule has 0 aliphatic carbocycles. The van der Waals surface area contributed by atoms with Crippen molar-refractivity contribution in [1.82, 2.24) is 20.6 Å². The van der Waals surface area contributed by atoms with Crippen LogP contribution >= 0.6 is 11.6 Å². The molecule has 6 heteroatoms. The van der Waals surface area contributed by atoms with Crippen LogP contribution in [0.1, 0.15) is 31.5 Å². The number of carbonyl (C=O) groups excluding carboxylic acids is 1. The van der Waals surface area contributed by atoms with E-state index in [1.54, 1.807) is 0 Å². The number of imidazole rings is 1. The summed E-state index contributed by atoms with van der Waals surface area (Å²) in [6, 6.07) is 6.14. The van der Waals surface area contributed by atoms with Crippen molar-refractivity contribution in [2.24, 2.45) is 0 Å². The molecule has 2 aromatic rings. The molecule has 1 saturated heterocycles. The fourth-order valence-corrected chi connectivity index (χ4v) is 3.02. The topological polar surface area (TPSA) is 69.8 Å². The lowest BCUT2D eigenvalue weighted by Gasteiger charge is -2.14. The highest BCUT2D eigenvalue weighted by Crippen LogP contribution is 2.17. The van der Waals surface area contributed by atoms with E-state index in [0.29, 0.717) is 12.5 Å². The minimum Gasteiger partial charge on any atom is -0.356 e. The molecule has 3 rings (SSSR count). The fourth-order valence-electron chi connectivity index (χ4n) is 2.84. The van der Waals surface area contributed by atoms with E-state index < -0.39 is 0 Å². The van der Waals surface area contributed by atoms with Crippen molar-refractivity contribution >= 4 is 28.5 Å². The number of rotatable bonds is 5. The van der Waals surface area contributed by atoms with Gasteiger partial charge in [-0.15, -0.1) is 0 Å². The van der Waals surface area contributed by atoms with E-state index in [1.807, 2.05) is 18.2 Å². The van der Waals surface area contributed by atoms with Gasteiger partial charge in [0.05, 0.1) is 11.0 Å². The van der Waals surface area contributed by atoms with Crippen LogP contribution in [-0.4, -0.2) is 35.0 Å². The molecule has 118 valence electrons. The predicted molar refractivity (Wildman–Crippen MR) is 88.1 cm³/mol. The van der Waals surface area contributed by atoms with Gasteiger partial charge in [-0.1, -0.05) is 11.6 Å². The zero-order valence-corrected chi connectivity index (χ0v) is 13.2. The molecule has 0 spiro atoms. The molecule has 0 radical (unpaired) electrons. The van der Waals surface area contributed by atoms with Crippen LogP contribution < -0.4 is 10.6 Å². The van der Waals surface area contributed by atoms with Gasteiger partial charge < -0.3 is 15.6 Å². The van der Waals surface area contributed by atoms with Crippen LogP contribution in [0.3, 0.4) is 0 Å². The first kappa shape index (κ1) is 15.3. The van der Waals surface area contributed by atoms with Gasteiger partial charge in [-0.05, 0) is 44.0 Å². The second-order valence-corrected chi connectivity index (χ2v) is 6.21. The lowest BCUT2D eigenvalue weighted by Crippen LogP contribution is -2.31. The van der Waals surface area contributed by atoms with Gasteiger partial charge in [-0.25, -0.2) is 4.98 Å². The summed E-state index contributed by atoms with van der Waals surface area (Å²) in [6.07, 6.45) is 4.49. The summed E-state index contributed by atoms with van der Waals surface area (Å²) in [5.74, 6) is 1.17. The van der Waals surface area contributed by atoms with Crippen molar-refractivity contribution < 1.29 is 4.79 Å². The molecule has 0 saturated carbocycles. The highest BCUT2D eigenvalue weighted by molar-refractivity contribution is 6.31. The Balaban J connectivity index is 1.45. The summed E-state index contributed by atoms with van der Waals surface area (Å²) < 4.78 is 0. The third kappa shape index (κ3) is 3.99. The van der Waals surface area contributed by atoms with Crippen LogP contribution in [-0.2, 0) is 11.2 Å². The number of halogens is 1. The predicted octanol–water partition coefficient (Wildman–Crippen LogP) is 2.41. The van der Waals surface area contributed by atoms with Crippen LogP contribution in [0, 0.1) is 0 Å². The van der Waals surface area contributed by atoms with E-state index in [1.165, 1.54) is 0 Å². The average molecular weight is 321 g/mol. The minimum atomic E-state index is 0.172. The normalized spacial score (nSPS) is 19.1. The number of amides is 1. The molecule has 1 aromatic carbocycles. The largest absolute Gasteiger partial charge is 0.356 e. The lowest BCUT2D eigenvalue weighted by molar-refractivity contribution is -0.120. The Kier molecular flexibility index (Phi) is 4.95. The van der Waals surface area contributed by atoms with Crippen molar-refractivity contribution in [3.63, 3.8) is 0 Å². The maximum Gasteiger partial charge on any atom is 0.220 e. The molecule has 3 N–H and O–H groups in total. The van der Waals surface area contributed by atoms with E-state index in [0.717, 1.165) is 60.7 Å². The summed E-state index contributed by atoms with van der Waals surface area (Å²) in [6.45, 7) is 1.72. The van der Waals surface area contributed by atoms with E-state index in [9.17, 15) is 4.79 Å². The third-order valence-corrected chi connectivity index (χ3v) is 4.29. The summed E-state index contributed by atoms with van der Waals surface area (Å²) in [4.78, 5) is 19.2. The van der Waals surface area contributed by atoms with Crippen LogP contribution in [0.2, 0.25) is 5.02 Å². The maximum atomic E-state index is 11.3. The third-order valence-electron chi connectivity index (χ3n) is 4.05. The zero-order chi connectivity index (χ0) is 15.4. The molecule has 1 aliphatic heterocycles. The Hall–Kier alpha value is -1.59. The maximum absolute atomic E-state index is 11.3. The summed E-state index contributed by atoms with van der Waals surface area (Å²) in [5, 5.41) is 7.17. The van der Waals surface area contributed by atoms with Gasteiger partial charge in [0.1, 0.15) is 5.82 Å². The van der Waals surface area contributed by atoms with Gasteiger partial charge >= 0.3 is 0 Å². The van der Waals surface area contributed by atoms with Crippen molar-refractivity contribution in [3.05, 3.63) is 29.0 Å². The Bertz CT molecular complexity index is 655. The number of nitrogens with one attached hydrogen (secondary N) is 3. The molecular formula is C16H21ClN4O. The van der Waals surface area contributed by atoms with Gasteiger partial charge in [0.2, 0.25) is 5.91 Å². The highest BCUT2D eigenvalue weighted by Gasteiger charge is 2.14. The molecule has 1 amide bonds. The SMILES string of the molecule is O=C1CC[C@H](NCCCc2nc3ccc(Cl)cc3[nH]2)CCN1. The number of fused-ring (bicyclic) bond motifs is 1.